The normalized spacial score (nSPS) is 15.8. The van der Waals surface area contributed by atoms with Crippen LogP contribution in [0.5, 0.6) is 0 Å². The van der Waals surface area contributed by atoms with Gasteiger partial charge in [-0.1, -0.05) is 18.2 Å². The fourth-order valence-electron chi connectivity index (χ4n) is 2.50. The van der Waals surface area contributed by atoms with E-state index in [1.807, 2.05) is 6.07 Å². The van der Waals surface area contributed by atoms with Crippen molar-refractivity contribution in [3.05, 3.63) is 35.9 Å². The highest BCUT2D eigenvalue weighted by atomic mass is 32.2. The van der Waals surface area contributed by atoms with E-state index in [1.54, 1.807) is 38.1 Å². The number of likely N-dealkylation sites (tertiary alicyclic amines) is 1. The molecule has 1 aliphatic heterocycles. The summed E-state index contributed by atoms with van der Waals surface area (Å²) in [6, 6.07) is 8.71. The van der Waals surface area contributed by atoms with Gasteiger partial charge in [0, 0.05) is 30.6 Å². The minimum Gasteiger partial charge on any atom is -0.481 e. The fourth-order valence-corrected chi connectivity index (χ4v) is 4.29. The summed E-state index contributed by atoms with van der Waals surface area (Å²) in [7, 11) is -3.61. The molecule has 2 N–H and O–H groups in total. The summed E-state index contributed by atoms with van der Waals surface area (Å²) in [5, 5.41) is 8.05. The van der Waals surface area contributed by atoms with Crippen LogP contribution in [0.4, 0.5) is 0 Å². The van der Waals surface area contributed by atoms with Crippen molar-refractivity contribution in [2.75, 3.05) is 13.1 Å². The van der Waals surface area contributed by atoms with Gasteiger partial charge in [0.05, 0.1) is 0 Å². The maximum absolute atomic E-state index is 12.4. The molecule has 1 aliphatic rings. The van der Waals surface area contributed by atoms with Crippen LogP contribution in [-0.4, -0.2) is 54.2 Å². The molecule has 0 atom stereocenters. The molecule has 132 valence electrons. The number of rotatable bonds is 7. The average Bonchev–Trinajstić information content (AvgIpc) is 2.43. The van der Waals surface area contributed by atoms with Crippen LogP contribution in [-0.2, 0) is 14.8 Å². The van der Waals surface area contributed by atoms with Gasteiger partial charge in [-0.2, -0.15) is 0 Å². The largest absolute Gasteiger partial charge is 0.481 e. The van der Waals surface area contributed by atoms with Crippen molar-refractivity contribution < 1.29 is 23.1 Å². The number of benzene rings is 1. The lowest BCUT2D eigenvalue weighted by Gasteiger charge is -2.40. The van der Waals surface area contributed by atoms with Crippen molar-refractivity contribution >= 4 is 21.9 Å². The number of carboxylic acid groups (broad SMARTS) is 1. The molecule has 1 amide bonds. The van der Waals surface area contributed by atoms with E-state index in [9.17, 15) is 18.0 Å². The highest BCUT2D eigenvalue weighted by Gasteiger charge is 2.42. The average molecular weight is 354 g/mol. The van der Waals surface area contributed by atoms with Crippen LogP contribution in [0.2, 0.25) is 0 Å². The summed E-state index contributed by atoms with van der Waals surface area (Å²) < 4.78 is 27.3. The van der Waals surface area contributed by atoms with Crippen molar-refractivity contribution in [3.8, 4) is 0 Å². The maximum atomic E-state index is 12.4. The van der Waals surface area contributed by atoms with E-state index in [2.05, 4.69) is 4.72 Å². The number of carbonyl (C=O) groups excluding carboxylic acids is 1. The Morgan fingerprint density at radius 3 is 2.38 bits per heavy atom. The van der Waals surface area contributed by atoms with E-state index >= 15 is 0 Å². The zero-order valence-electron chi connectivity index (χ0n) is 13.7. The second kappa shape index (κ2) is 6.90. The molecule has 1 heterocycles. The molecule has 0 bridgehead atoms. The minimum atomic E-state index is -3.61. The van der Waals surface area contributed by atoms with Crippen LogP contribution in [0.25, 0.3) is 0 Å². The molecule has 0 aliphatic carbocycles. The molecular formula is C16H22N2O5S. The van der Waals surface area contributed by atoms with Crippen molar-refractivity contribution in [1.29, 1.82) is 0 Å². The number of carbonyl (C=O) groups is 2. The molecule has 8 heteroatoms. The second-order valence-electron chi connectivity index (χ2n) is 6.62. The quantitative estimate of drug-likeness (QED) is 0.762. The third-order valence-corrected chi connectivity index (χ3v) is 5.99. The Labute approximate surface area is 141 Å². The Kier molecular flexibility index (Phi) is 5.29. The van der Waals surface area contributed by atoms with Gasteiger partial charge in [0.15, 0.2) is 0 Å². The summed E-state index contributed by atoms with van der Waals surface area (Å²) >= 11 is 0. The topological polar surface area (TPSA) is 104 Å². The molecule has 7 nitrogen and oxygen atoms in total. The first-order chi connectivity index (χ1) is 11.1. The van der Waals surface area contributed by atoms with Crippen LogP contribution in [0.1, 0.15) is 37.0 Å². The van der Waals surface area contributed by atoms with E-state index in [-0.39, 0.29) is 31.8 Å². The van der Waals surface area contributed by atoms with Crippen LogP contribution < -0.4 is 4.72 Å². The minimum absolute atomic E-state index is 0.112. The first kappa shape index (κ1) is 18.4. The Morgan fingerprint density at radius 2 is 1.83 bits per heavy atom. The van der Waals surface area contributed by atoms with E-state index in [4.69, 9.17) is 5.11 Å². The third kappa shape index (κ3) is 4.55. The number of hydrogen-bond acceptors (Lipinski definition) is 4. The number of sulfonamides is 1. The number of amides is 1. The zero-order valence-corrected chi connectivity index (χ0v) is 14.5. The monoisotopic (exact) mass is 354 g/mol. The molecule has 0 aromatic heterocycles. The predicted octanol–water partition coefficient (Wildman–Crippen LogP) is 1.07. The highest BCUT2D eigenvalue weighted by molar-refractivity contribution is 7.90. The number of aliphatic carboxylic acids is 1. The Balaban J connectivity index is 1.92. The van der Waals surface area contributed by atoms with Crippen molar-refractivity contribution in [3.63, 3.8) is 0 Å². The van der Waals surface area contributed by atoms with Crippen LogP contribution in [0.3, 0.4) is 0 Å². The molecule has 1 fully saturated rings. The third-order valence-electron chi connectivity index (χ3n) is 3.98. The highest BCUT2D eigenvalue weighted by Crippen LogP contribution is 2.21. The van der Waals surface area contributed by atoms with Gasteiger partial charge in [-0.05, 0) is 32.4 Å². The second-order valence-corrected chi connectivity index (χ2v) is 8.58. The Hall–Kier alpha value is -1.93. The van der Waals surface area contributed by atoms with Crippen LogP contribution >= 0.6 is 0 Å². The molecule has 0 saturated carbocycles. The van der Waals surface area contributed by atoms with Gasteiger partial charge in [0.1, 0.15) is 5.25 Å². The van der Waals surface area contributed by atoms with Gasteiger partial charge in [-0.15, -0.1) is 0 Å². The van der Waals surface area contributed by atoms with E-state index in [0.29, 0.717) is 5.56 Å². The first-order valence-electron chi connectivity index (χ1n) is 7.70. The molecule has 1 aromatic rings. The van der Waals surface area contributed by atoms with Crippen molar-refractivity contribution in [2.24, 2.45) is 0 Å². The number of carboxylic acids is 1. The predicted molar refractivity (Wildman–Crippen MR) is 89.1 cm³/mol. The van der Waals surface area contributed by atoms with E-state index in [1.165, 1.54) is 4.90 Å². The van der Waals surface area contributed by atoms with E-state index < -0.39 is 26.8 Å². The van der Waals surface area contributed by atoms with Crippen molar-refractivity contribution in [1.82, 2.24) is 9.62 Å². The van der Waals surface area contributed by atoms with Gasteiger partial charge in [-0.25, -0.2) is 13.1 Å². The molecule has 0 unspecified atom stereocenters. The van der Waals surface area contributed by atoms with Gasteiger partial charge < -0.3 is 10.0 Å². The summed E-state index contributed by atoms with van der Waals surface area (Å²) in [6.45, 7) is 3.58. The molecule has 24 heavy (non-hydrogen) atoms. The Morgan fingerprint density at radius 1 is 1.25 bits per heavy atom. The summed E-state index contributed by atoms with van der Waals surface area (Å²) in [4.78, 5) is 24.3. The molecule has 0 spiro atoms. The number of hydrogen-bond donors (Lipinski definition) is 2. The molecule has 1 aromatic carbocycles. The molecule has 0 radical (unpaired) electrons. The molecular weight excluding hydrogens is 332 g/mol. The van der Waals surface area contributed by atoms with Gasteiger partial charge in [0.2, 0.25) is 10.0 Å². The fraction of sp³-hybridized carbons (Fsp3) is 0.500. The smallest absolute Gasteiger partial charge is 0.303 e. The summed E-state index contributed by atoms with van der Waals surface area (Å²) in [5.41, 5.74) is -0.316. The standard InChI is InChI=1S/C16H22N2O5S/c1-16(2,9-8-14(19)20)17-24(22,23)13-10-18(11-13)15(21)12-6-4-3-5-7-12/h3-7,13,17H,8-11H2,1-2H3,(H,19,20). The maximum Gasteiger partial charge on any atom is 0.303 e. The molecule has 2 rings (SSSR count). The summed E-state index contributed by atoms with van der Waals surface area (Å²) in [6.07, 6.45) is 0.0831. The molecule has 1 saturated heterocycles. The number of nitrogens with zero attached hydrogens (tertiary/aromatic N) is 1. The van der Waals surface area contributed by atoms with Crippen LogP contribution in [0.15, 0.2) is 30.3 Å². The SMILES string of the molecule is CC(C)(CCC(=O)O)NS(=O)(=O)C1CN(C(=O)c2ccccc2)C1. The van der Waals surface area contributed by atoms with Gasteiger partial charge in [-0.3, -0.25) is 9.59 Å². The van der Waals surface area contributed by atoms with Crippen molar-refractivity contribution in [2.45, 2.75) is 37.5 Å². The van der Waals surface area contributed by atoms with E-state index in [0.717, 1.165) is 0 Å². The van der Waals surface area contributed by atoms with Gasteiger partial charge in [0.25, 0.3) is 5.91 Å². The lowest BCUT2D eigenvalue weighted by molar-refractivity contribution is -0.137. The van der Waals surface area contributed by atoms with Gasteiger partial charge >= 0.3 is 5.97 Å². The first-order valence-corrected chi connectivity index (χ1v) is 9.24. The van der Waals surface area contributed by atoms with Crippen LogP contribution in [0, 0.1) is 0 Å². The Bertz CT molecular complexity index is 709. The summed E-state index contributed by atoms with van der Waals surface area (Å²) in [5.74, 6) is -1.15. The lowest BCUT2D eigenvalue weighted by atomic mass is 10.0. The zero-order chi connectivity index (χ0) is 18.0. The lowest BCUT2D eigenvalue weighted by Crippen LogP contribution is -2.61. The number of nitrogens with one attached hydrogen (secondary N) is 1.